The number of aromatic nitrogens is 4. The Morgan fingerprint density at radius 2 is 2.00 bits per heavy atom. The number of fused-ring (bicyclic) bond motifs is 2. The van der Waals surface area contributed by atoms with Gasteiger partial charge in [0, 0.05) is 36.4 Å². The molecule has 2 aromatic carbocycles. The minimum atomic E-state index is 0.0687. The van der Waals surface area contributed by atoms with Crippen LogP contribution in [0.2, 0.25) is 0 Å². The second kappa shape index (κ2) is 8.83. The van der Waals surface area contributed by atoms with Crippen molar-refractivity contribution in [3.63, 3.8) is 0 Å². The van der Waals surface area contributed by atoms with Crippen molar-refractivity contribution in [1.29, 1.82) is 0 Å². The van der Waals surface area contributed by atoms with E-state index < -0.39 is 0 Å². The van der Waals surface area contributed by atoms with Crippen molar-refractivity contribution in [3.8, 4) is 0 Å². The standard InChI is InChI=1S/C21H19N7O.C2H6/c1-13(29)28-10-8-14-11-15(5-6-19(14)28)24-21-22-9-7-20(26-21)25-17-3-2-4-18-16(17)12-23-27-18;1-2/h2-7,9,11-12H,8,10H2,1H3,(H,23,27)(H2,22,24,25,26);1-2H3. The Morgan fingerprint density at radius 1 is 1.13 bits per heavy atom. The van der Waals surface area contributed by atoms with E-state index in [4.69, 9.17) is 0 Å². The second-order valence-electron chi connectivity index (χ2n) is 6.92. The fourth-order valence-corrected chi connectivity index (χ4v) is 3.64. The lowest BCUT2D eigenvalue weighted by Crippen LogP contribution is -2.25. The highest BCUT2D eigenvalue weighted by atomic mass is 16.2. The van der Waals surface area contributed by atoms with Gasteiger partial charge in [0.1, 0.15) is 5.82 Å². The molecule has 1 amide bonds. The zero-order chi connectivity index (χ0) is 21.8. The van der Waals surface area contributed by atoms with Crippen LogP contribution in [0.1, 0.15) is 26.3 Å². The molecule has 3 heterocycles. The van der Waals surface area contributed by atoms with Crippen LogP contribution >= 0.6 is 0 Å². The molecule has 5 rings (SSSR count). The van der Waals surface area contributed by atoms with Crippen LogP contribution in [0.3, 0.4) is 0 Å². The van der Waals surface area contributed by atoms with Crippen molar-refractivity contribution >= 4 is 45.6 Å². The Bertz CT molecular complexity index is 1220. The zero-order valence-corrected chi connectivity index (χ0v) is 17.8. The molecule has 8 heteroatoms. The largest absolute Gasteiger partial charge is 0.339 e. The summed E-state index contributed by atoms with van der Waals surface area (Å²) in [5.41, 5.74) is 4.89. The Labute approximate surface area is 180 Å². The van der Waals surface area contributed by atoms with Crippen LogP contribution in [0.4, 0.5) is 28.8 Å². The number of aromatic amines is 1. The van der Waals surface area contributed by atoms with E-state index in [2.05, 4.69) is 30.8 Å². The highest BCUT2D eigenvalue weighted by Crippen LogP contribution is 2.31. The summed E-state index contributed by atoms with van der Waals surface area (Å²) in [4.78, 5) is 22.4. The van der Waals surface area contributed by atoms with Crippen LogP contribution in [0.5, 0.6) is 0 Å². The first-order chi connectivity index (χ1) is 15.2. The third-order valence-electron chi connectivity index (χ3n) is 5.01. The number of carbonyl (C=O) groups is 1. The van der Waals surface area contributed by atoms with Gasteiger partial charge < -0.3 is 15.5 Å². The van der Waals surface area contributed by atoms with Crippen molar-refractivity contribution in [3.05, 3.63) is 60.4 Å². The molecule has 0 spiro atoms. The molecule has 1 aliphatic rings. The highest BCUT2D eigenvalue weighted by molar-refractivity contribution is 5.94. The van der Waals surface area contributed by atoms with E-state index in [1.54, 1.807) is 24.2 Å². The van der Waals surface area contributed by atoms with Gasteiger partial charge in [-0.2, -0.15) is 10.1 Å². The van der Waals surface area contributed by atoms with E-state index in [9.17, 15) is 4.79 Å². The molecule has 0 bridgehead atoms. The SMILES string of the molecule is CC.CC(=O)N1CCc2cc(Nc3nccc(Nc4cccc5[nH]ncc45)n3)ccc21. The zero-order valence-electron chi connectivity index (χ0n) is 17.8. The number of H-pyrrole nitrogens is 1. The van der Waals surface area contributed by atoms with Crippen LogP contribution in [-0.2, 0) is 11.2 Å². The number of carbonyl (C=O) groups excluding carboxylic acids is 1. The van der Waals surface area contributed by atoms with Gasteiger partial charge in [0.05, 0.1) is 17.4 Å². The average Bonchev–Trinajstić information content (AvgIpc) is 3.43. The number of nitrogens with one attached hydrogen (secondary N) is 3. The maximum Gasteiger partial charge on any atom is 0.229 e. The maximum atomic E-state index is 11.7. The molecule has 0 aliphatic carbocycles. The number of rotatable bonds is 4. The van der Waals surface area contributed by atoms with Crippen molar-refractivity contribution < 1.29 is 4.79 Å². The van der Waals surface area contributed by atoms with E-state index in [-0.39, 0.29) is 5.91 Å². The van der Waals surface area contributed by atoms with E-state index in [1.807, 2.05) is 56.3 Å². The molecule has 0 saturated carbocycles. The average molecular weight is 416 g/mol. The summed E-state index contributed by atoms with van der Waals surface area (Å²) in [6, 6.07) is 13.7. The molecule has 1 aliphatic heterocycles. The van der Waals surface area contributed by atoms with Gasteiger partial charge in [-0.25, -0.2) is 4.98 Å². The van der Waals surface area contributed by atoms with Gasteiger partial charge in [0.2, 0.25) is 11.9 Å². The predicted octanol–water partition coefficient (Wildman–Crippen LogP) is 4.78. The van der Waals surface area contributed by atoms with Crippen LogP contribution in [0.15, 0.2) is 54.9 Å². The van der Waals surface area contributed by atoms with Gasteiger partial charge in [-0.05, 0) is 48.4 Å². The van der Waals surface area contributed by atoms with Gasteiger partial charge in [0.15, 0.2) is 0 Å². The molecule has 8 nitrogen and oxygen atoms in total. The molecule has 0 fully saturated rings. The first-order valence-electron chi connectivity index (χ1n) is 10.4. The van der Waals surface area contributed by atoms with Gasteiger partial charge in [-0.1, -0.05) is 19.9 Å². The first-order valence-corrected chi connectivity index (χ1v) is 10.4. The Morgan fingerprint density at radius 3 is 2.84 bits per heavy atom. The van der Waals surface area contributed by atoms with Crippen LogP contribution in [0, 0.1) is 0 Å². The fraction of sp³-hybridized carbons (Fsp3) is 0.217. The summed E-state index contributed by atoms with van der Waals surface area (Å²) >= 11 is 0. The summed E-state index contributed by atoms with van der Waals surface area (Å²) in [5, 5.41) is 14.6. The summed E-state index contributed by atoms with van der Waals surface area (Å²) in [7, 11) is 0. The Kier molecular flexibility index (Phi) is 5.79. The van der Waals surface area contributed by atoms with Crippen molar-refractivity contribution in [2.75, 3.05) is 22.1 Å². The third kappa shape index (κ3) is 4.18. The van der Waals surface area contributed by atoms with Gasteiger partial charge in [0.25, 0.3) is 0 Å². The van der Waals surface area contributed by atoms with Gasteiger partial charge in [-0.3, -0.25) is 9.89 Å². The van der Waals surface area contributed by atoms with Gasteiger partial charge >= 0.3 is 0 Å². The lowest BCUT2D eigenvalue weighted by Gasteiger charge is -2.15. The fourth-order valence-electron chi connectivity index (χ4n) is 3.64. The number of nitrogens with zero attached hydrogens (tertiary/aromatic N) is 4. The summed E-state index contributed by atoms with van der Waals surface area (Å²) in [5.74, 6) is 1.25. The molecule has 0 unspecified atom stereocenters. The van der Waals surface area contributed by atoms with E-state index in [0.29, 0.717) is 11.8 Å². The van der Waals surface area contributed by atoms with Crippen LogP contribution < -0.4 is 15.5 Å². The van der Waals surface area contributed by atoms with Crippen molar-refractivity contribution in [2.45, 2.75) is 27.2 Å². The minimum Gasteiger partial charge on any atom is -0.339 e. The van der Waals surface area contributed by atoms with Gasteiger partial charge in [-0.15, -0.1) is 0 Å². The number of anilines is 5. The molecule has 0 saturated heterocycles. The van der Waals surface area contributed by atoms with Crippen molar-refractivity contribution in [2.24, 2.45) is 0 Å². The maximum absolute atomic E-state index is 11.7. The quantitative estimate of drug-likeness (QED) is 0.444. The number of hydrogen-bond donors (Lipinski definition) is 3. The first kappa shape index (κ1) is 20.3. The molecular weight excluding hydrogens is 390 g/mol. The Balaban J connectivity index is 0.00000112. The lowest BCUT2D eigenvalue weighted by molar-refractivity contribution is -0.116. The summed E-state index contributed by atoms with van der Waals surface area (Å²) < 4.78 is 0. The molecular formula is C23H25N7O. The smallest absolute Gasteiger partial charge is 0.229 e. The highest BCUT2D eigenvalue weighted by Gasteiger charge is 2.22. The van der Waals surface area contributed by atoms with E-state index >= 15 is 0 Å². The molecule has 31 heavy (non-hydrogen) atoms. The topological polar surface area (TPSA) is 98.8 Å². The summed E-state index contributed by atoms with van der Waals surface area (Å²) in [6.45, 7) is 6.32. The Hall–Kier alpha value is -3.94. The molecule has 2 aromatic heterocycles. The molecule has 158 valence electrons. The second-order valence-corrected chi connectivity index (χ2v) is 6.92. The molecule has 3 N–H and O–H groups in total. The number of amides is 1. The minimum absolute atomic E-state index is 0.0687. The molecule has 4 aromatic rings. The third-order valence-corrected chi connectivity index (χ3v) is 5.01. The summed E-state index contributed by atoms with van der Waals surface area (Å²) in [6.07, 6.45) is 4.34. The predicted molar refractivity (Wildman–Crippen MR) is 124 cm³/mol. The van der Waals surface area contributed by atoms with Crippen LogP contribution in [0.25, 0.3) is 10.9 Å². The van der Waals surface area contributed by atoms with Crippen LogP contribution in [-0.4, -0.2) is 32.6 Å². The van der Waals surface area contributed by atoms with E-state index in [1.165, 1.54) is 0 Å². The molecule has 0 radical (unpaired) electrons. The monoisotopic (exact) mass is 415 g/mol. The van der Waals surface area contributed by atoms with E-state index in [0.717, 1.165) is 46.5 Å². The normalized spacial score (nSPS) is 12.2. The number of hydrogen-bond acceptors (Lipinski definition) is 6. The number of benzene rings is 2. The van der Waals surface area contributed by atoms with Crippen molar-refractivity contribution in [1.82, 2.24) is 20.2 Å². The lowest BCUT2D eigenvalue weighted by atomic mass is 10.1. The molecule has 0 atom stereocenters.